The number of hydrogen-bond donors (Lipinski definition) is 3. The Bertz CT molecular complexity index is 1150. The fourth-order valence-electron chi connectivity index (χ4n) is 4.53. The lowest BCUT2D eigenvalue weighted by atomic mass is 9.98. The number of thiophene rings is 1. The highest BCUT2D eigenvalue weighted by molar-refractivity contribution is 7.10. The van der Waals surface area contributed by atoms with Crippen molar-refractivity contribution in [3.05, 3.63) is 82.0 Å². The minimum Gasteiger partial charge on any atom is -0.479 e. The number of carbonyl (C=O) groups excluding carboxylic acids is 2. The van der Waals surface area contributed by atoms with Crippen LogP contribution in [0.2, 0.25) is 0 Å². The Labute approximate surface area is 208 Å². The summed E-state index contributed by atoms with van der Waals surface area (Å²) in [6.07, 6.45) is 0.683. The van der Waals surface area contributed by atoms with E-state index in [9.17, 15) is 19.5 Å². The molecule has 0 radical (unpaired) electrons. The first kappa shape index (κ1) is 24.5. The highest BCUT2D eigenvalue weighted by Gasteiger charge is 2.30. The zero-order valence-corrected chi connectivity index (χ0v) is 20.2. The van der Waals surface area contributed by atoms with Crippen LogP contribution in [0.25, 0.3) is 11.1 Å². The summed E-state index contributed by atoms with van der Waals surface area (Å²) in [4.78, 5) is 37.4. The van der Waals surface area contributed by atoms with Crippen molar-refractivity contribution in [1.82, 2.24) is 10.6 Å². The summed E-state index contributed by atoms with van der Waals surface area (Å²) >= 11 is 1.26. The molecular formula is C27H28N2O5S. The summed E-state index contributed by atoms with van der Waals surface area (Å²) in [6, 6.07) is 18.0. The number of benzene rings is 2. The molecule has 0 spiro atoms. The van der Waals surface area contributed by atoms with Crippen LogP contribution in [0.1, 0.15) is 54.1 Å². The predicted molar refractivity (Wildman–Crippen MR) is 134 cm³/mol. The number of hydrogen-bond acceptors (Lipinski definition) is 5. The molecule has 2 amide bonds. The van der Waals surface area contributed by atoms with Crippen LogP contribution in [-0.4, -0.2) is 35.7 Å². The van der Waals surface area contributed by atoms with Crippen molar-refractivity contribution in [3.63, 3.8) is 0 Å². The van der Waals surface area contributed by atoms with E-state index in [1.54, 1.807) is 17.5 Å². The number of aliphatic carboxylic acids is 1. The van der Waals surface area contributed by atoms with Gasteiger partial charge in [0.25, 0.3) is 0 Å². The van der Waals surface area contributed by atoms with Gasteiger partial charge in [-0.25, -0.2) is 9.59 Å². The summed E-state index contributed by atoms with van der Waals surface area (Å²) in [7, 11) is 0. The minimum absolute atomic E-state index is 0.0345. The van der Waals surface area contributed by atoms with Crippen LogP contribution in [0.3, 0.4) is 0 Å². The molecule has 1 aliphatic carbocycles. The van der Waals surface area contributed by atoms with E-state index in [0.717, 1.165) is 28.7 Å². The molecule has 1 unspecified atom stereocenters. The monoisotopic (exact) mass is 492 g/mol. The van der Waals surface area contributed by atoms with Crippen molar-refractivity contribution in [1.29, 1.82) is 0 Å². The summed E-state index contributed by atoms with van der Waals surface area (Å²) in [5.41, 5.74) is 4.55. The van der Waals surface area contributed by atoms with E-state index in [-0.39, 0.29) is 18.9 Å². The molecule has 1 aromatic heterocycles. The maximum atomic E-state index is 12.7. The van der Waals surface area contributed by atoms with Gasteiger partial charge in [0.15, 0.2) is 6.04 Å². The summed E-state index contributed by atoms with van der Waals surface area (Å²) in [6.45, 7) is 2.14. The Kier molecular flexibility index (Phi) is 7.82. The standard InChI is InChI=1S/C27H28N2O5S/c1-2-8-17(15-24(30)29-25(26(31)32)23-13-7-14-35-23)28-27(33)34-16-22-20-11-5-3-9-18(20)19-10-4-6-12-21(19)22/h3-7,9-14,17,22,25H,2,8,15-16H2,1H3,(H,28,33)(H,29,30)(H,31,32)/t17-,25?/m0/s1. The molecule has 182 valence electrons. The Hall–Kier alpha value is -3.65. The van der Waals surface area contributed by atoms with Gasteiger partial charge in [-0.15, -0.1) is 11.3 Å². The lowest BCUT2D eigenvalue weighted by Gasteiger charge is -2.20. The first-order valence-electron chi connectivity index (χ1n) is 11.6. The largest absolute Gasteiger partial charge is 0.479 e. The molecule has 2 atom stereocenters. The molecule has 1 aliphatic rings. The second-order valence-electron chi connectivity index (χ2n) is 8.51. The average Bonchev–Trinajstić information content (AvgIpc) is 3.48. The number of ether oxygens (including phenoxy) is 1. The number of carbonyl (C=O) groups is 3. The first-order chi connectivity index (χ1) is 17.0. The highest BCUT2D eigenvalue weighted by Crippen LogP contribution is 2.44. The van der Waals surface area contributed by atoms with Crippen molar-refractivity contribution in [2.45, 2.75) is 44.2 Å². The molecule has 0 bridgehead atoms. The van der Waals surface area contributed by atoms with E-state index in [0.29, 0.717) is 11.3 Å². The van der Waals surface area contributed by atoms with Crippen LogP contribution >= 0.6 is 11.3 Å². The van der Waals surface area contributed by atoms with E-state index in [2.05, 4.69) is 34.9 Å². The zero-order chi connectivity index (χ0) is 24.8. The number of amides is 2. The second kappa shape index (κ2) is 11.2. The van der Waals surface area contributed by atoms with Crippen LogP contribution in [0, 0.1) is 0 Å². The number of carboxylic acid groups (broad SMARTS) is 1. The van der Waals surface area contributed by atoms with Crippen LogP contribution in [-0.2, 0) is 14.3 Å². The maximum Gasteiger partial charge on any atom is 0.407 e. The molecule has 0 aliphatic heterocycles. The van der Waals surface area contributed by atoms with Crippen LogP contribution in [0.4, 0.5) is 4.79 Å². The summed E-state index contributed by atoms with van der Waals surface area (Å²) in [5, 5.41) is 16.6. The highest BCUT2D eigenvalue weighted by atomic mass is 32.1. The topological polar surface area (TPSA) is 105 Å². The summed E-state index contributed by atoms with van der Waals surface area (Å²) < 4.78 is 5.60. The van der Waals surface area contributed by atoms with E-state index in [4.69, 9.17) is 4.74 Å². The quantitative estimate of drug-likeness (QED) is 0.366. The van der Waals surface area contributed by atoms with Crippen LogP contribution in [0.5, 0.6) is 0 Å². The van der Waals surface area contributed by atoms with Gasteiger partial charge in [-0.3, -0.25) is 4.79 Å². The average molecular weight is 493 g/mol. The number of nitrogens with one attached hydrogen (secondary N) is 2. The molecule has 0 saturated heterocycles. The maximum absolute atomic E-state index is 12.7. The fraction of sp³-hybridized carbons (Fsp3) is 0.296. The normalized spacial score (nSPS) is 13.9. The molecule has 7 nitrogen and oxygen atoms in total. The molecule has 8 heteroatoms. The molecule has 1 heterocycles. The van der Waals surface area contributed by atoms with E-state index >= 15 is 0 Å². The van der Waals surface area contributed by atoms with Crippen molar-refractivity contribution in [2.24, 2.45) is 0 Å². The number of fused-ring (bicyclic) bond motifs is 3. The third-order valence-corrected chi connectivity index (χ3v) is 7.05. The van der Waals surface area contributed by atoms with Crippen molar-refractivity contribution >= 4 is 29.3 Å². The van der Waals surface area contributed by atoms with Crippen LogP contribution < -0.4 is 10.6 Å². The van der Waals surface area contributed by atoms with Gasteiger partial charge >= 0.3 is 12.1 Å². The van der Waals surface area contributed by atoms with Gasteiger partial charge < -0.3 is 20.5 Å². The lowest BCUT2D eigenvalue weighted by molar-refractivity contribution is -0.142. The summed E-state index contributed by atoms with van der Waals surface area (Å²) in [5.74, 6) is -1.62. The lowest BCUT2D eigenvalue weighted by Crippen LogP contribution is -2.41. The van der Waals surface area contributed by atoms with Crippen molar-refractivity contribution < 1.29 is 24.2 Å². The van der Waals surface area contributed by atoms with Gasteiger partial charge in [0, 0.05) is 23.3 Å². The molecule has 2 aromatic carbocycles. The third kappa shape index (κ3) is 5.71. The molecule has 0 saturated carbocycles. The van der Waals surface area contributed by atoms with Crippen LogP contribution in [0.15, 0.2) is 66.0 Å². The van der Waals surface area contributed by atoms with Gasteiger partial charge in [-0.2, -0.15) is 0 Å². The third-order valence-electron chi connectivity index (χ3n) is 6.11. The van der Waals surface area contributed by atoms with Crippen molar-refractivity contribution in [2.75, 3.05) is 6.61 Å². The molecular weight excluding hydrogens is 464 g/mol. The molecule has 4 rings (SSSR count). The van der Waals surface area contributed by atoms with Gasteiger partial charge in [-0.05, 0) is 40.1 Å². The Morgan fingerprint density at radius 1 is 0.971 bits per heavy atom. The van der Waals surface area contributed by atoms with E-state index < -0.39 is 30.1 Å². The number of rotatable bonds is 10. The van der Waals surface area contributed by atoms with Gasteiger partial charge in [0.05, 0.1) is 0 Å². The van der Waals surface area contributed by atoms with Gasteiger partial charge in [-0.1, -0.05) is 67.9 Å². The minimum atomic E-state index is -1.13. The Morgan fingerprint density at radius 3 is 2.20 bits per heavy atom. The molecule has 0 fully saturated rings. The van der Waals surface area contributed by atoms with Crippen molar-refractivity contribution in [3.8, 4) is 11.1 Å². The smallest absolute Gasteiger partial charge is 0.407 e. The fourth-order valence-corrected chi connectivity index (χ4v) is 5.30. The van der Waals surface area contributed by atoms with E-state index in [1.807, 2.05) is 31.2 Å². The molecule has 3 aromatic rings. The van der Waals surface area contributed by atoms with Gasteiger partial charge in [0.1, 0.15) is 6.61 Å². The zero-order valence-electron chi connectivity index (χ0n) is 19.4. The SMILES string of the molecule is CCC[C@@H](CC(=O)NC(C(=O)O)c1cccs1)NC(=O)OCC1c2ccccc2-c2ccccc21. The number of carboxylic acids is 1. The Balaban J connectivity index is 1.35. The second-order valence-corrected chi connectivity index (χ2v) is 9.49. The first-order valence-corrected chi connectivity index (χ1v) is 12.5. The van der Waals surface area contributed by atoms with Gasteiger partial charge in [0.2, 0.25) is 5.91 Å². The Morgan fingerprint density at radius 2 is 1.63 bits per heavy atom. The van der Waals surface area contributed by atoms with E-state index in [1.165, 1.54) is 11.3 Å². The predicted octanol–water partition coefficient (Wildman–Crippen LogP) is 5.09. The molecule has 3 N–H and O–H groups in total. The number of alkyl carbamates (subject to hydrolysis) is 1. The molecule has 35 heavy (non-hydrogen) atoms.